The highest BCUT2D eigenvalue weighted by atomic mass is 35.5. The minimum Gasteiger partial charge on any atom is -0.328 e. The van der Waals surface area contributed by atoms with E-state index >= 15 is 0 Å². The molecule has 0 saturated heterocycles. The first-order valence-electron chi connectivity index (χ1n) is 8.32. The van der Waals surface area contributed by atoms with Gasteiger partial charge in [-0.15, -0.1) is 0 Å². The van der Waals surface area contributed by atoms with Crippen molar-refractivity contribution >= 4 is 23.2 Å². The summed E-state index contributed by atoms with van der Waals surface area (Å²) in [5.74, 6) is 0.755. The molecule has 3 heterocycles. The third-order valence-corrected chi connectivity index (χ3v) is 4.55. The molecule has 0 unspecified atom stereocenters. The molecule has 0 saturated carbocycles. The number of hydrogen-bond acceptors (Lipinski definition) is 3. The highest BCUT2D eigenvalue weighted by molar-refractivity contribution is 6.30. The fourth-order valence-corrected chi connectivity index (χ4v) is 3.36. The number of rotatable bonds is 4. The number of fused-ring (bicyclic) bond motifs is 1. The van der Waals surface area contributed by atoms with Gasteiger partial charge in [0.25, 0.3) is 0 Å². The van der Waals surface area contributed by atoms with Gasteiger partial charge in [0.15, 0.2) is 0 Å². The Hall–Kier alpha value is -2.60. The molecule has 0 aliphatic carbocycles. The number of amides is 1. The molecular formula is C18H18ClN5O. The predicted octanol–water partition coefficient (Wildman–Crippen LogP) is 3.38. The number of nitrogens with zero attached hydrogens (tertiary/aromatic N) is 4. The van der Waals surface area contributed by atoms with E-state index in [0.29, 0.717) is 5.02 Å². The van der Waals surface area contributed by atoms with Crippen molar-refractivity contribution in [2.75, 3.05) is 5.32 Å². The summed E-state index contributed by atoms with van der Waals surface area (Å²) in [5.41, 5.74) is 2.95. The van der Waals surface area contributed by atoms with Crippen LogP contribution < -0.4 is 5.32 Å². The van der Waals surface area contributed by atoms with E-state index in [1.54, 1.807) is 6.20 Å². The summed E-state index contributed by atoms with van der Waals surface area (Å²) in [7, 11) is 0. The first-order valence-corrected chi connectivity index (χ1v) is 8.70. The van der Waals surface area contributed by atoms with Gasteiger partial charge >= 0.3 is 0 Å². The van der Waals surface area contributed by atoms with E-state index < -0.39 is 0 Å². The van der Waals surface area contributed by atoms with Gasteiger partial charge in [0.1, 0.15) is 12.4 Å². The van der Waals surface area contributed by atoms with Gasteiger partial charge in [-0.2, -0.15) is 5.10 Å². The number of aryl methyl sites for hydroxylation is 1. The molecule has 4 rings (SSSR count). The molecule has 1 aliphatic rings. The summed E-state index contributed by atoms with van der Waals surface area (Å²) in [6, 6.07) is 7.76. The summed E-state index contributed by atoms with van der Waals surface area (Å²) in [5, 5.41) is 7.51. The van der Waals surface area contributed by atoms with E-state index in [2.05, 4.69) is 20.0 Å². The van der Waals surface area contributed by atoms with Crippen molar-refractivity contribution in [1.82, 2.24) is 19.3 Å². The van der Waals surface area contributed by atoms with Crippen LogP contribution in [0.15, 0.2) is 42.9 Å². The molecule has 25 heavy (non-hydrogen) atoms. The van der Waals surface area contributed by atoms with Crippen LogP contribution in [0, 0.1) is 0 Å². The van der Waals surface area contributed by atoms with Crippen molar-refractivity contribution in [3.05, 3.63) is 53.6 Å². The topological polar surface area (TPSA) is 64.7 Å². The average Bonchev–Trinajstić information content (AvgIpc) is 3.21. The van der Waals surface area contributed by atoms with Gasteiger partial charge in [-0.3, -0.25) is 9.48 Å². The lowest BCUT2D eigenvalue weighted by molar-refractivity contribution is -0.116. The van der Waals surface area contributed by atoms with Gasteiger partial charge in [-0.05, 0) is 31.4 Å². The highest BCUT2D eigenvalue weighted by Gasteiger charge is 2.18. The van der Waals surface area contributed by atoms with Crippen LogP contribution in [-0.4, -0.2) is 25.2 Å². The van der Waals surface area contributed by atoms with Crippen LogP contribution in [0.25, 0.3) is 11.4 Å². The predicted molar refractivity (Wildman–Crippen MR) is 96.5 cm³/mol. The molecule has 6 nitrogen and oxygen atoms in total. The molecule has 1 amide bonds. The Balaban J connectivity index is 1.59. The van der Waals surface area contributed by atoms with Crippen LogP contribution in [-0.2, 0) is 24.3 Å². The van der Waals surface area contributed by atoms with Crippen LogP contribution >= 0.6 is 11.6 Å². The normalized spacial score (nSPS) is 13.5. The van der Waals surface area contributed by atoms with Crippen LogP contribution in [0.3, 0.4) is 0 Å². The van der Waals surface area contributed by atoms with Gasteiger partial charge in [0.2, 0.25) is 5.91 Å². The Morgan fingerprint density at radius 3 is 2.96 bits per heavy atom. The molecule has 128 valence electrons. The average molecular weight is 356 g/mol. The Morgan fingerprint density at radius 2 is 2.12 bits per heavy atom. The SMILES string of the molecule is O=C(Cn1cc(Cl)cn1)Nc1ccccc1-c1ncc2n1CCCC2. The van der Waals surface area contributed by atoms with Gasteiger partial charge in [0.05, 0.1) is 16.9 Å². The molecule has 0 spiro atoms. The third kappa shape index (κ3) is 3.30. The number of carbonyl (C=O) groups is 1. The molecule has 0 fully saturated rings. The van der Waals surface area contributed by atoms with E-state index in [4.69, 9.17) is 11.6 Å². The quantitative estimate of drug-likeness (QED) is 0.780. The fraction of sp³-hybridized carbons (Fsp3) is 0.278. The van der Waals surface area contributed by atoms with Gasteiger partial charge in [-0.1, -0.05) is 23.7 Å². The van der Waals surface area contributed by atoms with E-state index in [1.165, 1.54) is 23.0 Å². The number of halogens is 1. The first-order chi connectivity index (χ1) is 12.2. The summed E-state index contributed by atoms with van der Waals surface area (Å²) in [6.07, 6.45) is 8.50. The second-order valence-corrected chi connectivity index (χ2v) is 6.57. The summed E-state index contributed by atoms with van der Waals surface area (Å²) in [4.78, 5) is 17.0. The maximum atomic E-state index is 12.4. The van der Waals surface area contributed by atoms with Crippen molar-refractivity contribution in [3.63, 3.8) is 0 Å². The maximum Gasteiger partial charge on any atom is 0.246 e. The van der Waals surface area contributed by atoms with Crippen LogP contribution in [0.5, 0.6) is 0 Å². The lowest BCUT2D eigenvalue weighted by Crippen LogP contribution is -2.19. The third-order valence-electron chi connectivity index (χ3n) is 4.35. The summed E-state index contributed by atoms with van der Waals surface area (Å²) >= 11 is 5.84. The zero-order valence-electron chi connectivity index (χ0n) is 13.7. The number of benzene rings is 1. The van der Waals surface area contributed by atoms with E-state index in [1.807, 2.05) is 30.5 Å². The molecule has 3 aromatic rings. The Labute approximate surface area is 150 Å². The molecule has 1 N–H and O–H groups in total. The summed E-state index contributed by atoms with van der Waals surface area (Å²) in [6.45, 7) is 1.08. The number of aromatic nitrogens is 4. The van der Waals surface area contributed by atoms with Crippen LogP contribution in [0.1, 0.15) is 18.5 Å². The zero-order valence-corrected chi connectivity index (χ0v) is 14.4. The Morgan fingerprint density at radius 1 is 1.24 bits per heavy atom. The second-order valence-electron chi connectivity index (χ2n) is 6.13. The highest BCUT2D eigenvalue weighted by Crippen LogP contribution is 2.30. The molecule has 1 aliphatic heterocycles. The van der Waals surface area contributed by atoms with Crippen molar-refractivity contribution in [2.45, 2.75) is 32.4 Å². The molecule has 0 radical (unpaired) electrons. The first kappa shape index (κ1) is 15.9. The van der Waals surface area contributed by atoms with Gasteiger partial charge in [0, 0.05) is 30.2 Å². The minimum atomic E-state index is -0.155. The van der Waals surface area contributed by atoms with Gasteiger partial charge < -0.3 is 9.88 Å². The number of para-hydroxylation sites is 1. The van der Waals surface area contributed by atoms with Crippen molar-refractivity contribution in [2.24, 2.45) is 0 Å². The lowest BCUT2D eigenvalue weighted by Gasteiger charge is -2.18. The molecule has 1 aromatic carbocycles. The van der Waals surface area contributed by atoms with Gasteiger partial charge in [-0.25, -0.2) is 4.98 Å². The van der Waals surface area contributed by atoms with E-state index in [0.717, 1.165) is 36.5 Å². The Kier molecular flexibility index (Phi) is 4.28. The van der Waals surface area contributed by atoms with E-state index in [9.17, 15) is 4.79 Å². The Bertz CT molecular complexity index is 914. The molecule has 2 aromatic heterocycles. The maximum absolute atomic E-state index is 12.4. The smallest absolute Gasteiger partial charge is 0.246 e. The number of imidazole rings is 1. The number of anilines is 1. The molecule has 0 bridgehead atoms. The lowest BCUT2D eigenvalue weighted by atomic mass is 10.1. The number of hydrogen-bond donors (Lipinski definition) is 1. The molecular weight excluding hydrogens is 338 g/mol. The van der Waals surface area contributed by atoms with E-state index in [-0.39, 0.29) is 12.5 Å². The number of carbonyl (C=O) groups excluding carboxylic acids is 1. The van der Waals surface area contributed by atoms with Crippen LogP contribution in [0.2, 0.25) is 5.02 Å². The second kappa shape index (κ2) is 6.72. The monoisotopic (exact) mass is 355 g/mol. The fourth-order valence-electron chi connectivity index (χ4n) is 3.20. The van der Waals surface area contributed by atoms with Crippen molar-refractivity contribution in [1.29, 1.82) is 0 Å². The number of nitrogens with one attached hydrogen (secondary N) is 1. The summed E-state index contributed by atoms with van der Waals surface area (Å²) < 4.78 is 3.76. The van der Waals surface area contributed by atoms with Crippen LogP contribution in [0.4, 0.5) is 5.69 Å². The molecule has 7 heteroatoms. The minimum absolute atomic E-state index is 0.112. The zero-order chi connectivity index (χ0) is 17.2. The molecule has 0 atom stereocenters. The standard InChI is InChI=1S/C18H18ClN5O/c19-13-9-21-23(11-13)12-17(25)22-16-7-2-1-6-15(16)18-20-10-14-5-3-4-8-24(14)18/h1-2,6-7,9-11H,3-5,8,12H2,(H,22,25). The van der Waals surface area contributed by atoms with Crippen molar-refractivity contribution in [3.8, 4) is 11.4 Å². The largest absolute Gasteiger partial charge is 0.328 e. The van der Waals surface area contributed by atoms with Crippen molar-refractivity contribution < 1.29 is 4.79 Å².